The molecule has 9 nitrogen and oxygen atoms in total. The molecule has 2 heterocycles. The number of carbonyl (C=O) groups is 1. The van der Waals surface area contributed by atoms with Crippen LogP contribution in [0.3, 0.4) is 0 Å². The van der Waals surface area contributed by atoms with Crippen molar-refractivity contribution in [2.75, 3.05) is 27.9 Å². The van der Waals surface area contributed by atoms with E-state index in [4.69, 9.17) is 28.7 Å². The van der Waals surface area contributed by atoms with Crippen molar-refractivity contribution >= 4 is 46.0 Å². The summed E-state index contributed by atoms with van der Waals surface area (Å²) in [6.07, 6.45) is 2.98. The van der Waals surface area contributed by atoms with Gasteiger partial charge in [0.25, 0.3) is 5.56 Å². The second-order valence-corrected chi connectivity index (χ2v) is 12.6. The zero-order chi connectivity index (χ0) is 33.7. The Morgan fingerprint density at radius 2 is 1.81 bits per heavy atom. The third-order valence-electron chi connectivity index (χ3n) is 7.50. The zero-order valence-corrected chi connectivity index (χ0v) is 29.6. The molecule has 0 fully saturated rings. The number of allylic oxidation sites excluding steroid dienone is 1. The van der Waals surface area contributed by atoms with Gasteiger partial charge in [0.15, 0.2) is 16.3 Å². The maximum Gasteiger partial charge on any atom is 0.338 e. The van der Waals surface area contributed by atoms with Crippen LogP contribution < -0.4 is 33.8 Å². The van der Waals surface area contributed by atoms with Gasteiger partial charge >= 0.3 is 5.97 Å². The van der Waals surface area contributed by atoms with Crippen LogP contribution >= 0.6 is 33.9 Å². The lowest BCUT2D eigenvalue weighted by atomic mass is 9.93. The van der Waals surface area contributed by atoms with Gasteiger partial charge in [-0.05, 0) is 84.0 Å². The number of fused-ring (bicyclic) bond motifs is 1. The van der Waals surface area contributed by atoms with Gasteiger partial charge in [-0.2, -0.15) is 0 Å². The van der Waals surface area contributed by atoms with Crippen LogP contribution in [0.1, 0.15) is 49.4 Å². The van der Waals surface area contributed by atoms with Gasteiger partial charge in [0.05, 0.1) is 47.3 Å². The van der Waals surface area contributed by atoms with Crippen molar-refractivity contribution in [3.05, 3.63) is 112 Å². The predicted octanol–water partition coefficient (Wildman–Crippen LogP) is 5.93. The normalized spacial score (nSPS) is 14.4. The number of carbonyl (C=O) groups excluding carboxylic acids is 1. The molecule has 0 radical (unpaired) electrons. The molecule has 47 heavy (non-hydrogen) atoms. The van der Waals surface area contributed by atoms with Crippen molar-refractivity contribution < 1.29 is 32.9 Å². The zero-order valence-electron chi connectivity index (χ0n) is 26.6. The average molecular weight is 773 g/mol. The first-order valence-electron chi connectivity index (χ1n) is 14.9. The molecule has 0 saturated heterocycles. The summed E-state index contributed by atoms with van der Waals surface area (Å²) in [5.41, 5.74) is 2.17. The van der Waals surface area contributed by atoms with Crippen molar-refractivity contribution in [2.45, 2.75) is 39.3 Å². The van der Waals surface area contributed by atoms with Gasteiger partial charge in [0.1, 0.15) is 30.0 Å². The summed E-state index contributed by atoms with van der Waals surface area (Å²) in [7, 11) is 4.61. The SMILES string of the molecule is CCCC1=C(C(=O)OCC)[C@@H](c2cc(OC)ccc2OC)n2c(s/c(=C\c3cc(I)c(OCc4ccccc4F)c(OC)c3)c2=O)=N1. The Labute approximate surface area is 289 Å². The molecule has 1 aromatic heterocycles. The Kier molecular flexibility index (Phi) is 11.0. The minimum Gasteiger partial charge on any atom is -0.497 e. The molecule has 246 valence electrons. The number of methoxy groups -OCH3 is 3. The summed E-state index contributed by atoms with van der Waals surface area (Å²) in [5, 5.41) is 0. The van der Waals surface area contributed by atoms with E-state index < -0.39 is 12.0 Å². The molecule has 0 spiro atoms. The van der Waals surface area contributed by atoms with E-state index in [-0.39, 0.29) is 30.2 Å². The molecule has 3 aromatic carbocycles. The van der Waals surface area contributed by atoms with E-state index in [2.05, 4.69) is 22.6 Å². The molecule has 0 saturated carbocycles. The number of thiazole rings is 1. The van der Waals surface area contributed by atoms with E-state index in [1.807, 2.05) is 13.0 Å². The standard InChI is InChI=1S/C35H34FIN2O7S/c1-6-10-26-30(34(41)45-7-2)31(23-18-22(42-3)13-14-27(23)43-4)39-33(40)29(47-35(39)38-26)17-20-15-25(37)32(28(16-20)44-5)46-19-21-11-8-9-12-24(21)36/h8-9,11-18,31H,6-7,10,19H2,1-5H3/b29-17-/t31-/m1/s1. The maximum atomic E-state index is 14.3. The predicted molar refractivity (Wildman–Crippen MR) is 186 cm³/mol. The Morgan fingerprint density at radius 1 is 1.04 bits per heavy atom. The fourth-order valence-electron chi connectivity index (χ4n) is 5.35. The number of halogens is 2. The smallest absolute Gasteiger partial charge is 0.338 e. The fraction of sp³-hybridized carbons (Fsp3) is 0.286. The Morgan fingerprint density at radius 3 is 2.49 bits per heavy atom. The summed E-state index contributed by atoms with van der Waals surface area (Å²) in [6.45, 7) is 3.92. The van der Waals surface area contributed by atoms with Crippen LogP contribution in [0.2, 0.25) is 0 Å². The number of rotatable bonds is 12. The van der Waals surface area contributed by atoms with E-state index in [0.717, 1.165) is 6.42 Å². The first-order valence-corrected chi connectivity index (χ1v) is 16.8. The second-order valence-electron chi connectivity index (χ2n) is 10.4. The van der Waals surface area contributed by atoms with Crippen molar-refractivity contribution in [3.8, 4) is 23.0 Å². The van der Waals surface area contributed by atoms with Crippen molar-refractivity contribution in [1.82, 2.24) is 4.57 Å². The first kappa shape index (κ1) is 34.2. The highest BCUT2D eigenvalue weighted by Gasteiger charge is 2.36. The van der Waals surface area contributed by atoms with Crippen molar-refractivity contribution in [1.29, 1.82) is 0 Å². The van der Waals surface area contributed by atoms with Crippen LogP contribution in [-0.4, -0.2) is 38.5 Å². The summed E-state index contributed by atoms with van der Waals surface area (Å²) >= 11 is 3.35. The summed E-state index contributed by atoms with van der Waals surface area (Å²) in [4.78, 5) is 33.1. The monoisotopic (exact) mass is 772 g/mol. The minimum atomic E-state index is -0.872. The summed E-state index contributed by atoms with van der Waals surface area (Å²) in [5.74, 6) is 1.01. The van der Waals surface area contributed by atoms with Gasteiger partial charge in [0, 0.05) is 11.1 Å². The van der Waals surface area contributed by atoms with Gasteiger partial charge in [0.2, 0.25) is 0 Å². The van der Waals surface area contributed by atoms with Gasteiger partial charge in [-0.15, -0.1) is 0 Å². The lowest BCUT2D eigenvalue weighted by molar-refractivity contribution is -0.139. The van der Waals surface area contributed by atoms with Gasteiger partial charge in [-0.1, -0.05) is 42.9 Å². The molecular weight excluding hydrogens is 738 g/mol. The van der Waals surface area contributed by atoms with E-state index in [1.54, 1.807) is 62.6 Å². The molecule has 0 aliphatic carbocycles. The fourth-order valence-corrected chi connectivity index (χ4v) is 7.15. The maximum absolute atomic E-state index is 14.3. The molecule has 1 aliphatic heterocycles. The van der Waals surface area contributed by atoms with Crippen LogP contribution in [0.25, 0.3) is 6.08 Å². The number of hydrogen-bond donors (Lipinski definition) is 0. The van der Waals surface area contributed by atoms with Crippen LogP contribution in [0.5, 0.6) is 23.0 Å². The van der Waals surface area contributed by atoms with Crippen LogP contribution in [0.4, 0.5) is 4.39 Å². The van der Waals surface area contributed by atoms with Crippen LogP contribution in [0.15, 0.2) is 75.7 Å². The average Bonchev–Trinajstić information content (AvgIpc) is 3.37. The van der Waals surface area contributed by atoms with Crippen LogP contribution in [-0.2, 0) is 16.1 Å². The van der Waals surface area contributed by atoms with E-state index in [0.29, 0.717) is 64.7 Å². The van der Waals surface area contributed by atoms with Crippen molar-refractivity contribution in [2.24, 2.45) is 4.99 Å². The number of nitrogens with zero attached hydrogens (tertiary/aromatic N) is 2. The molecule has 0 bridgehead atoms. The Balaban J connectivity index is 1.66. The van der Waals surface area contributed by atoms with Crippen LogP contribution in [0, 0.1) is 9.39 Å². The quantitative estimate of drug-likeness (QED) is 0.130. The number of ether oxygens (including phenoxy) is 5. The lowest BCUT2D eigenvalue weighted by Gasteiger charge is -2.27. The molecular formula is C35H34FIN2O7S. The number of benzene rings is 3. The van der Waals surface area contributed by atoms with Crippen molar-refractivity contribution in [3.63, 3.8) is 0 Å². The highest BCUT2D eigenvalue weighted by Crippen LogP contribution is 2.39. The van der Waals surface area contributed by atoms with Gasteiger partial charge < -0.3 is 23.7 Å². The third-order valence-corrected chi connectivity index (χ3v) is 9.29. The van der Waals surface area contributed by atoms with E-state index in [9.17, 15) is 14.0 Å². The summed E-state index contributed by atoms with van der Waals surface area (Å²) in [6, 6.07) is 14.4. The molecule has 0 unspecified atom stereocenters. The molecule has 0 N–H and O–H groups in total. The molecule has 12 heteroatoms. The van der Waals surface area contributed by atoms with Gasteiger partial charge in [-0.3, -0.25) is 9.36 Å². The number of esters is 1. The van der Waals surface area contributed by atoms with Gasteiger partial charge in [-0.25, -0.2) is 14.2 Å². The largest absolute Gasteiger partial charge is 0.497 e. The third kappa shape index (κ3) is 7.08. The van der Waals surface area contributed by atoms with E-state index in [1.165, 1.54) is 36.2 Å². The first-order chi connectivity index (χ1) is 22.7. The molecule has 1 atom stereocenters. The molecule has 4 aromatic rings. The Bertz CT molecular complexity index is 2020. The molecule has 1 aliphatic rings. The minimum absolute atomic E-state index is 0.0214. The second kappa shape index (κ2) is 15.2. The highest BCUT2D eigenvalue weighted by atomic mass is 127. The Hall–Kier alpha value is -4.17. The topological polar surface area (TPSA) is 97.6 Å². The highest BCUT2D eigenvalue weighted by molar-refractivity contribution is 14.1. The lowest BCUT2D eigenvalue weighted by Crippen LogP contribution is -2.40. The van der Waals surface area contributed by atoms with E-state index >= 15 is 0 Å². The summed E-state index contributed by atoms with van der Waals surface area (Å²) < 4.78 is 45.2. The molecule has 0 amide bonds. The number of hydrogen-bond acceptors (Lipinski definition) is 9. The molecule has 5 rings (SSSR count). The number of aromatic nitrogens is 1.